The summed E-state index contributed by atoms with van der Waals surface area (Å²) in [7, 11) is 0. The van der Waals surface area contributed by atoms with Crippen molar-refractivity contribution in [3.63, 3.8) is 0 Å². The number of aliphatic carboxylic acids is 1. The zero-order valence-corrected chi connectivity index (χ0v) is 25.7. The highest BCUT2D eigenvalue weighted by Crippen LogP contribution is 2.66. The SMILES string of the molecule is CC1(C)[C@H]2CC[C@]1(C)[C@H](OC(=O)N[C@@](C)(C(=O)NC[C@H](NC(=O)CCC(=O)O)c1ccccc1)c1c[nH]c3ccccc13)C2. The quantitative estimate of drug-likeness (QED) is 0.205. The van der Waals surface area contributed by atoms with Gasteiger partial charge in [-0.2, -0.15) is 0 Å². The predicted molar refractivity (Wildman–Crippen MR) is 165 cm³/mol. The number of para-hydroxylation sites is 1. The second kappa shape index (κ2) is 12.0. The van der Waals surface area contributed by atoms with E-state index in [1.54, 1.807) is 13.1 Å². The average molecular weight is 603 g/mol. The molecular weight excluding hydrogens is 560 g/mol. The summed E-state index contributed by atoms with van der Waals surface area (Å²) in [6.07, 6.45) is 3.21. The number of rotatable bonds is 11. The molecule has 0 radical (unpaired) electrons. The minimum atomic E-state index is -1.53. The number of ether oxygens (including phenoxy) is 1. The van der Waals surface area contributed by atoms with Crippen LogP contribution in [-0.2, 0) is 24.7 Å². The number of alkyl carbamates (subject to hydrolysis) is 1. The van der Waals surface area contributed by atoms with Gasteiger partial charge in [0.1, 0.15) is 11.6 Å². The summed E-state index contributed by atoms with van der Waals surface area (Å²) in [5, 5.41) is 18.5. The summed E-state index contributed by atoms with van der Waals surface area (Å²) >= 11 is 0. The van der Waals surface area contributed by atoms with Crippen LogP contribution in [0, 0.1) is 16.7 Å². The lowest BCUT2D eigenvalue weighted by Crippen LogP contribution is -2.56. The van der Waals surface area contributed by atoms with Crippen LogP contribution >= 0.6 is 0 Å². The van der Waals surface area contributed by atoms with Crippen LogP contribution in [-0.4, -0.2) is 46.6 Å². The Morgan fingerprint density at radius 2 is 1.75 bits per heavy atom. The first-order valence-electron chi connectivity index (χ1n) is 15.2. The number of fused-ring (bicyclic) bond motifs is 3. The molecule has 5 atom stereocenters. The molecule has 0 saturated heterocycles. The average Bonchev–Trinajstić information content (AvgIpc) is 3.58. The number of aromatic amines is 1. The zero-order valence-electron chi connectivity index (χ0n) is 25.7. The van der Waals surface area contributed by atoms with Crippen molar-refractivity contribution in [2.24, 2.45) is 16.7 Å². The Bertz CT molecular complexity index is 1550. The second-order valence-electron chi connectivity index (χ2n) is 13.1. The molecule has 2 saturated carbocycles. The number of H-pyrrole nitrogens is 1. The molecule has 2 fully saturated rings. The van der Waals surface area contributed by atoms with Gasteiger partial charge in [0.2, 0.25) is 11.8 Å². The van der Waals surface area contributed by atoms with Crippen LogP contribution in [0.15, 0.2) is 60.8 Å². The van der Waals surface area contributed by atoms with E-state index in [4.69, 9.17) is 9.84 Å². The summed E-state index contributed by atoms with van der Waals surface area (Å²) in [5.74, 6) is -1.52. The Kier molecular flexibility index (Phi) is 8.46. The van der Waals surface area contributed by atoms with E-state index in [0.717, 1.165) is 35.7 Å². The summed E-state index contributed by atoms with van der Waals surface area (Å²) in [5.41, 5.74) is 0.507. The third kappa shape index (κ3) is 5.77. The van der Waals surface area contributed by atoms with E-state index in [1.165, 1.54) is 0 Å². The molecule has 2 aliphatic carbocycles. The van der Waals surface area contributed by atoms with Crippen molar-refractivity contribution in [3.05, 3.63) is 71.9 Å². The van der Waals surface area contributed by atoms with Crippen molar-refractivity contribution in [1.29, 1.82) is 0 Å². The maximum atomic E-state index is 14.1. The highest BCUT2D eigenvalue weighted by Gasteiger charge is 2.63. The number of hydrogen-bond donors (Lipinski definition) is 5. The third-order valence-corrected chi connectivity index (χ3v) is 10.5. The number of carboxylic acid groups (broad SMARTS) is 1. The lowest BCUT2D eigenvalue weighted by Gasteiger charge is -2.39. The number of amides is 3. The van der Waals surface area contributed by atoms with E-state index >= 15 is 0 Å². The first-order valence-corrected chi connectivity index (χ1v) is 15.2. The fourth-order valence-corrected chi connectivity index (χ4v) is 7.20. The lowest BCUT2D eigenvalue weighted by atomic mass is 9.70. The fraction of sp³-hybridized carbons (Fsp3) is 0.471. The number of nitrogens with one attached hydrogen (secondary N) is 4. The summed E-state index contributed by atoms with van der Waals surface area (Å²) < 4.78 is 6.09. The number of carbonyl (C=O) groups is 4. The van der Waals surface area contributed by atoms with Crippen LogP contribution in [0.3, 0.4) is 0 Å². The molecular formula is C34H42N4O6. The Hall–Kier alpha value is -4.34. The minimum Gasteiger partial charge on any atom is -0.481 e. The highest BCUT2D eigenvalue weighted by atomic mass is 16.6. The molecule has 3 aromatic rings. The normalized spacial score (nSPS) is 23.8. The zero-order chi connectivity index (χ0) is 31.7. The van der Waals surface area contributed by atoms with Gasteiger partial charge in [0.15, 0.2) is 0 Å². The Labute approximate surface area is 257 Å². The fourth-order valence-electron chi connectivity index (χ4n) is 7.20. The highest BCUT2D eigenvalue weighted by molar-refractivity contribution is 5.96. The molecule has 1 heterocycles. The van der Waals surface area contributed by atoms with Crippen molar-refractivity contribution in [3.8, 4) is 0 Å². The van der Waals surface area contributed by atoms with Gasteiger partial charge >= 0.3 is 12.1 Å². The van der Waals surface area contributed by atoms with Crippen molar-refractivity contribution >= 4 is 34.8 Å². The van der Waals surface area contributed by atoms with Gasteiger partial charge in [-0.05, 0) is 49.1 Å². The largest absolute Gasteiger partial charge is 0.481 e. The summed E-state index contributed by atoms with van der Waals surface area (Å²) in [6.45, 7) is 8.34. The van der Waals surface area contributed by atoms with Crippen LogP contribution in [0.5, 0.6) is 0 Å². The molecule has 2 aromatic carbocycles. The molecule has 44 heavy (non-hydrogen) atoms. The molecule has 234 valence electrons. The molecule has 1 aromatic heterocycles. The van der Waals surface area contributed by atoms with Crippen molar-refractivity contribution in [2.75, 3.05) is 6.54 Å². The van der Waals surface area contributed by atoms with Crippen LogP contribution in [0.25, 0.3) is 10.9 Å². The van der Waals surface area contributed by atoms with Gasteiger partial charge in [0, 0.05) is 41.0 Å². The van der Waals surface area contributed by atoms with Gasteiger partial charge in [0.25, 0.3) is 0 Å². The molecule has 0 aliphatic heterocycles. The van der Waals surface area contributed by atoms with Crippen LogP contribution in [0.1, 0.15) is 77.0 Å². The summed E-state index contributed by atoms with van der Waals surface area (Å²) in [4.78, 5) is 54.5. The van der Waals surface area contributed by atoms with Crippen molar-refractivity contribution < 1.29 is 29.0 Å². The third-order valence-electron chi connectivity index (χ3n) is 10.5. The maximum Gasteiger partial charge on any atom is 0.408 e. The van der Waals surface area contributed by atoms with E-state index in [1.807, 2.05) is 54.6 Å². The predicted octanol–water partition coefficient (Wildman–Crippen LogP) is 5.16. The Morgan fingerprint density at radius 1 is 1.05 bits per heavy atom. The number of carbonyl (C=O) groups excluding carboxylic acids is 3. The number of carboxylic acids is 1. The van der Waals surface area contributed by atoms with E-state index in [0.29, 0.717) is 11.5 Å². The number of benzene rings is 2. The van der Waals surface area contributed by atoms with E-state index in [2.05, 4.69) is 41.7 Å². The second-order valence-corrected chi connectivity index (χ2v) is 13.1. The molecule has 5 rings (SSSR count). The molecule has 3 amide bonds. The van der Waals surface area contributed by atoms with Gasteiger partial charge in [-0.3, -0.25) is 14.4 Å². The molecule has 2 aliphatic rings. The summed E-state index contributed by atoms with van der Waals surface area (Å²) in [6, 6.07) is 16.0. The molecule has 0 unspecified atom stereocenters. The number of aromatic nitrogens is 1. The van der Waals surface area contributed by atoms with Crippen LogP contribution in [0.2, 0.25) is 0 Å². The maximum absolute atomic E-state index is 14.1. The topological polar surface area (TPSA) is 150 Å². The van der Waals surface area contributed by atoms with Crippen molar-refractivity contribution in [2.45, 2.75) is 77.5 Å². The molecule has 0 spiro atoms. The minimum absolute atomic E-state index is 0.00684. The lowest BCUT2D eigenvalue weighted by molar-refractivity contribution is -0.138. The monoisotopic (exact) mass is 602 g/mol. The smallest absolute Gasteiger partial charge is 0.408 e. The molecule has 2 bridgehead atoms. The first-order chi connectivity index (χ1) is 20.8. The van der Waals surface area contributed by atoms with Gasteiger partial charge in [-0.25, -0.2) is 4.79 Å². The van der Waals surface area contributed by atoms with Crippen LogP contribution in [0.4, 0.5) is 4.79 Å². The van der Waals surface area contributed by atoms with E-state index < -0.39 is 35.5 Å². The molecule has 10 heteroatoms. The first kappa shape index (κ1) is 31.1. The molecule has 10 nitrogen and oxygen atoms in total. The Morgan fingerprint density at radius 3 is 2.41 bits per heavy atom. The van der Waals surface area contributed by atoms with Gasteiger partial charge in [0.05, 0.1) is 12.5 Å². The standard InChI is InChI=1S/C34H42N4O6/c1-32(2)22-16-17-33(32,3)27(18-22)44-31(43)38-34(4,24-19-35-25-13-9-8-12-23(24)25)30(42)36-20-26(21-10-6-5-7-11-21)37-28(39)14-15-29(40)41/h5-13,19,22,26-27,35H,14-18,20H2,1-4H3,(H,36,42)(H,37,39)(H,38,43)(H,40,41)/t22-,26-,27+,33+,34+/m0/s1. The van der Waals surface area contributed by atoms with Gasteiger partial charge < -0.3 is 30.8 Å². The number of hydrogen-bond acceptors (Lipinski definition) is 5. The van der Waals surface area contributed by atoms with Crippen LogP contribution < -0.4 is 16.0 Å². The van der Waals surface area contributed by atoms with E-state index in [-0.39, 0.29) is 36.3 Å². The Balaban J connectivity index is 1.38. The molecule has 5 N–H and O–H groups in total. The van der Waals surface area contributed by atoms with Gasteiger partial charge in [-0.1, -0.05) is 69.3 Å². The van der Waals surface area contributed by atoms with Crippen molar-refractivity contribution in [1.82, 2.24) is 20.9 Å². The van der Waals surface area contributed by atoms with E-state index in [9.17, 15) is 19.2 Å². The van der Waals surface area contributed by atoms with Gasteiger partial charge in [-0.15, -0.1) is 0 Å².